The zero-order valence-electron chi connectivity index (χ0n) is 12.1. The molecule has 1 aromatic heterocycles. The Kier molecular flexibility index (Phi) is 4.40. The van der Waals surface area contributed by atoms with Crippen molar-refractivity contribution >= 4 is 0 Å². The number of nitrogens with zero attached hydrogens (tertiary/aromatic N) is 3. The Morgan fingerprint density at radius 1 is 1.50 bits per heavy atom. The monoisotopic (exact) mass is 250 g/mol. The summed E-state index contributed by atoms with van der Waals surface area (Å²) >= 11 is 0. The lowest BCUT2D eigenvalue weighted by atomic mass is 9.98. The molecule has 18 heavy (non-hydrogen) atoms. The van der Waals surface area contributed by atoms with Crippen LogP contribution >= 0.6 is 0 Å². The largest absolute Gasteiger partial charge is 0.311 e. The molecule has 0 radical (unpaired) electrons. The third kappa shape index (κ3) is 3.12. The van der Waals surface area contributed by atoms with Gasteiger partial charge in [0.25, 0.3) is 0 Å². The van der Waals surface area contributed by atoms with E-state index in [4.69, 9.17) is 0 Å². The normalized spacial score (nSPS) is 25.8. The summed E-state index contributed by atoms with van der Waals surface area (Å²) in [5.41, 5.74) is 1.18. The summed E-state index contributed by atoms with van der Waals surface area (Å²) in [6, 6.07) is 3.37. The van der Waals surface area contributed by atoms with Gasteiger partial charge in [0.05, 0.1) is 5.69 Å². The Morgan fingerprint density at radius 3 is 2.83 bits per heavy atom. The molecule has 4 heteroatoms. The molecule has 0 aromatic carbocycles. The van der Waals surface area contributed by atoms with Gasteiger partial charge in [-0.3, -0.25) is 9.58 Å². The van der Waals surface area contributed by atoms with E-state index < -0.39 is 0 Å². The summed E-state index contributed by atoms with van der Waals surface area (Å²) in [5.74, 6) is 0.689. The maximum absolute atomic E-state index is 4.50. The van der Waals surface area contributed by atoms with E-state index >= 15 is 0 Å². The number of hydrogen-bond donors (Lipinski definition) is 1. The molecule has 2 unspecified atom stereocenters. The van der Waals surface area contributed by atoms with Crippen molar-refractivity contribution in [3.63, 3.8) is 0 Å². The van der Waals surface area contributed by atoms with Crippen molar-refractivity contribution in [3.8, 4) is 0 Å². The summed E-state index contributed by atoms with van der Waals surface area (Å²) in [6.45, 7) is 10.1. The summed E-state index contributed by atoms with van der Waals surface area (Å²) in [4.78, 5) is 2.59. The molecule has 0 amide bonds. The highest BCUT2D eigenvalue weighted by atomic mass is 15.3. The number of rotatable bonds is 4. The molecule has 0 spiro atoms. The lowest BCUT2D eigenvalue weighted by molar-refractivity contribution is 0.102. The highest BCUT2D eigenvalue weighted by Gasteiger charge is 2.28. The highest BCUT2D eigenvalue weighted by Crippen LogP contribution is 2.17. The number of aromatic nitrogens is 2. The predicted octanol–water partition coefficient (Wildman–Crippen LogP) is 1.63. The topological polar surface area (TPSA) is 33.1 Å². The fourth-order valence-electron chi connectivity index (χ4n) is 2.68. The molecule has 0 aliphatic carbocycles. The fraction of sp³-hybridized carbons (Fsp3) is 0.786. The predicted molar refractivity (Wildman–Crippen MR) is 74.3 cm³/mol. The average Bonchev–Trinajstić information content (AvgIpc) is 2.74. The number of aryl methyl sites for hydroxylation is 1. The van der Waals surface area contributed by atoms with Crippen molar-refractivity contribution in [2.24, 2.45) is 13.0 Å². The van der Waals surface area contributed by atoms with E-state index in [2.05, 4.69) is 42.2 Å². The first-order valence-corrected chi connectivity index (χ1v) is 7.06. The third-order valence-electron chi connectivity index (χ3n) is 3.97. The van der Waals surface area contributed by atoms with Crippen LogP contribution in [0.1, 0.15) is 32.9 Å². The van der Waals surface area contributed by atoms with Crippen LogP contribution in [0.15, 0.2) is 12.3 Å². The van der Waals surface area contributed by atoms with Gasteiger partial charge in [-0.25, -0.2) is 0 Å². The number of hydrogen-bond acceptors (Lipinski definition) is 3. The van der Waals surface area contributed by atoms with Gasteiger partial charge in [0.2, 0.25) is 0 Å². The van der Waals surface area contributed by atoms with Crippen molar-refractivity contribution in [1.29, 1.82) is 0 Å². The van der Waals surface area contributed by atoms with Gasteiger partial charge in [-0.05, 0) is 18.4 Å². The van der Waals surface area contributed by atoms with Crippen molar-refractivity contribution in [2.75, 3.05) is 13.1 Å². The van der Waals surface area contributed by atoms with Crippen LogP contribution in [-0.4, -0.2) is 39.9 Å². The molecular formula is C14H26N4. The van der Waals surface area contributed by atoms with Crippen molar-refractivity contribution < 1.29 is 0 Å². The van der Waals surface area contributed by atoms with Gasteiger partial charge in [0.1, 0.15) is 0 Å². The van der Waals surface area contributed by atoms with Gasteiger partial charge < -0.3 is 5.32 Å². The maximum Gasteiger partial charge on any atom is 0.0764 e. The van der Waals surface area contributed by atoms with E-state index in [1.165, 1.54) is 12.1 Å². The van der Waals surface area contributed by atoms with Gasteiger partial charge in [0.15, 0.2) is 0 Å². The minimum absolute atomic E-state index is 0.608. The van der Waals surface area contributed by atoms with E-state index in [0.717, 1.165) is 19.6 Å². The van der Waals surface area contributed by atoms with Crippen molar-refractivity contribution in [3.05, 3.63) is 18.0 Å². The van der Waals surface area contributed by atoms with Crippen molar-refractivity contribution in [1.82, 2.24) is 20.0 Å². The number of piperazine rings is 1. The molecule has 1 aliphatic heterocycles. The van der Waals surface area contributed by atoms with Crippen LogP contribution in [0.4, 0.5) is 0 Å². The Bertz CT molecular complexity index is 372. The first kappa shape index (κ1) is 13.6. The quantitative estimate of drug-likeness (QED) is 0.881. The Hall–Kier alpha value is -0.870. The second-order valence-corrected chi connectivity index (χ2v) is 5.73. The lowest BCUT2D eigenvalue weighted by Gasteiger charge is -2.41. The zero-order valence-corrected chi connectivity index (χ0v) is 12.1. The Morgan fingerprint density at radius 2 is 2.28 bits per heavy atom. The first-order valence-electron chi connectivity index (χ1n) is 7.06. The van der Waals surface area contributed by atoms with Crippen LogP contribution in [0.25, 0.3) is 0 Å². The smallest absolute Gasteiger partial charge is 0.0764 e. The van der Waals surface area contributed by atoms with Crippen LogP contribution in [0.3, 0.4) is 0 Å². The minimum atomic E-state index is 0.608. The SMILES string of the molecule is CCC1CNC(C(C)C)CN1Cc1ccn(C)n1. The van der Waals surface area contributed by atoms with E-state index in [1.54, 1.807) is 0 Å². The molecule has 1 N–H and O–H groups in total. The molecular weight excluding hydrogens is 224 g/mol. The van der Waals surface area contributed by atoms with Gasteiger partial charge in [-0.2, -0.15) is 5.10 Å². The van der Waals surface area contributed by atoms with Crippen LogP contribution < -0.4 is 5.32 Å². The van der Waals surface area contributed by atoms with E-state index in [9.17, 15) is 0 Å². The van der Waals surface area contributed by atoms with Crippen molar-refractivity contribution in [2.45, 2.75) is 45.8 Å². The molecule has 0 bridgehead atoms. The molecule has 1 saturated heterocycles. The maximum atomic E-state index is 4.50. The zero-order chi connectivity index (χ0) is 13.1. The van der Waals surface area contributed by atoms with E-state index in [-0.39, 0.29) is 0 Å². The summed E-state index contributed by atoms with van der Waals surface area (Å²) in [7, 11) is 1.98. The fourth-order valence-corrected chi connectivity index (χ4v) is 2.68. The first-order chi connectivity index (χ1) is 8.60. The number of nitrogens with one attached hydrogen (secondary N) is 1. The average molecular weight is 250 g/mol. The molecule has 4 nitrogen and oxygen atoms in total. The molecule has 0 saturated carbocycles. The Balaban J connectivity index is 2.02. The van der Waals surface area contributed by atoms with Crippen LogP contribution in [0.2, 0.25) is 0 Å². The molecule has 1 fully saturated rings. The van der Waals surface area contributed by atoms with Gasteiger partial charge >= 0.3 is 0 Å². The standard InChI is InChI=1S/C14H26N4/c1-5-13-8-15-14(11(2)3)10-18(13)9-12-6-7-17(4)16-12/h6-7,11,13-15H,5,8-10H2,1-4H3. The minimum Gasteiger partial charge on any atom is -0.311 e. The molecule has 2 rings (SSSR count). The molecule has 2 heterocycles. The summed E-state index contributed by atoms with van der Waals surface area (Å²) in [5, 5.41) is 8.17. The Labute approximate surface area is 110 Å². The second kappa shape index (κ2) is 5.85. The highest BCUT2D eigenvalue weighted by molar-refractivity contribution is 5.00. The van der Waals surface area contributed by atoms with Crippen LogP contribution in [-0.2, 0) is 13.6 Å². The van der Waals surface area contributed by atoms with Gasteiger partial charge in [-0.15, -0.1) is 0 Å². The molecule has 1 aliphatic rings. The van der Waals surface area contributed by atoms with E-state index in [1.807, 2.05) is 17.9 Å². The summed E-state index contributed by atoms with van der Waals surface area (Å²) in [6.07, 6.45) is 3.23. The van der Waals surface area contributed by atoms with E-state index in [0.29, 0.717) is 18.0 Å². The van der Waals surface area contributed by atoms with Crippen LogP contribution in [0, 0.1) is 5.92 Å². The lowest BCUT2D eigenvalue weighted by Crippen LogP contribution is -2.57. The second-order valence-electron chi connectivity index (χ2n) is 5.73. The molecule has 102 valence electrons. The summed E-state index contributed by atoms with van der Waals surface area (Å²) < 4.78 is 1.89. The van der Waals surface area contributed by atoms with Gasteiger partial charge in [-0.1, -0.05) is 20.8 Å². The third-order valence-corrected chi connectivity index (χ3v) is 3.97. The van der Waals surface area contributed by atoms with Gasteiger partial charge in [0, 0.05) is 45.0 Å². The molecule has 2 atom stereocenters. The van der Waals surface area contributed by atoms with Crippen LogP contribution in [0.5, 0.6) is 0 Å². The molecule has 1 aromatic rings.